The second-order valence-corrected chi connectivity index (χ2v) is 5.97. The third-order valence-electron chi connectivity index (χ3n) is 2.51. The molecule has 1 N–H and O–H groups in total. The summed E-state index contributed by atoms with van der Waals surface area (Å²) in [5, 5.41) is 5.90. The number of pyridine rings is 1. The number of thiophene rings is 1. The third-order valence-corrected chi connectivity index (χ3v) is 3.63. The predicted molar refractivity (Wildman–Crippen MR) is 79.9 cm³/mol. The van der Waals surface area contributed by atoms with Gasteiger partial charge in [-0.15, -0.1) is 11.3 Å². The molecule has 0 aliphatic rings. The van der Waals surface area contributed by atoms with E-state index >= 15 is 0 Å². The Hall–Kier alpha value is -1.10. The van der Waals surface area contributed by atoms with Crippen LogP contribution in [0.25, 0.3) is 0 Å². The number of halogens is 1. The first-order valence-corrected chi connectivity index (χ1v) is 7.44. The predicted octanol–water partition coefficient (Wildman–Crippen LogP) is 3.87. The van der Waals surface area contributed by atoms with Crippen LogP contribution in [0.2, 0.25) is 5.02 Å². The number of hydrogen-bond acceptors (Lipinski definition) is 4. The average molecular weight is 297 g/mol. The average Bonchev–Trinajstić information content (AvgIpc) is 2.88. The Labute approximate surface area is 122 Å². The minimum atomic E-state index is 0.438. The Balaban J connectivity index is 1.94. The van der Waals surface area contributed by atoms with Crippen LogP contribution in [0.3, 0.4) is 0 Å². The van der Waals surface area contributed by atoms with Crippen molar-refractivity contribution >= 4 is 22.9 Å². The maximum Gasteiger partial charge on any atom is 0.232 e. The molecule has 0 bridgehead atoms. The van der Waals surface area contributed by atoms with Crippen molar-refractivity contribution in [2.45, 2.75) is 33.0 Å². The molecule has 0 fully saturated rings. The third kappa shape index (κ3) is 4.49. The maximum absolute atomic E-state index is 6.17. The monoisotopic (exact) mass is 296 g/mol. The molecule has 19 heavy (non-hydrogen) atoms. The summed E-state index contributed by atoms with van der Waals surface area (Å²) < 4.78 is 5.61. The zero-order valence-electron chi connectivity index (χ0n) is 11.0. The summed E-state index contributed by atoms with van der Waals surface area (Å²) in [5.74, 6) is 0.489. The van der Waals surface area contributed by atoms with Gasteiger partial charge >= 0.3 is 0 Å². The van der Waals surface area contributed by atoms with Gasteiger partial charge in [-0.2, -0.15) is 0 Å². The Morgan fingerprint density at radius 2 is 2.32 bits per heavy atom. The smallest absolute Gasteiger partial charge is 0.232 e. The van der Waals surface area contributed by atoms with Gasteiger partial charge in [0.1, 0.15) is 11.6 Å². The minimum absolute atomic E-state index is 0.438. The summed E-state index contributed by atoms with van der Waals surface area (Å²) >= 11 is 7.83. The van der Waals surface area contributed by atoms with Gasteiger partial charge in [-0.05, 0) is 23.1 Å². The molecule has 2 aromatic rings. The summed E-state index contributed by atoms with van der Waals surface area (Å²) in [7, 11) is 0. The lowest BCUT2D eigenvalue weighted by Crippen LogP contribution is -2.21. The molecule has 0 aromatic carbocycles. The first-order valence-electron chi connectivity index (χ1n) is 6.18. The van der Waals surface area contributed by atoms with Crippen LogP contribution >= 0.6 is 22.9 Å². The van der Waals surface area contributed by atoms with Crippen molar-refractivity contribution in [1.82, 2.24) is 10.3 Å². The Kier molecular flexibility index (Phi) is 5.19. The fourth-order valence-electron chi connectivity index (χ4n) is 1.52. The number of rotatable bonds is 6. The quantitative estimate of drug-likeness (QED) is 0.878. The highest BCUT2D eigenvalue weighted by molar-refractivity contribution is 7.09. The molecule has 0 unspecified atom stereocenters. The molecular formula is C14H17ClN2OS. The molecule has 0 aliphatic carbocycles. The fraction of sp³-hybridized carbons (Fsp3) is 0.357. The highest BCUT2D eigenvalue weighted by Crippen LogP contribution is 2.24. The van der Waals surface area contributed by atoms with Crippen molar-refractivity contribution in [3.8, 4) is 5.88 Å². The van der Waals surface area contributed by atoms with Crippen molar-refractivity contribution in [2.24, 2.45) is 0 Å². The summed E-state index contributed by atoms with van der Waals surface area (Å²) in [6.45, 7) is 5.48. The zero-order valence-corrected chi connectivity index (χ0v) is 12.6. The van der Waals surface area contributed by atoms with E-state index in [9.17, 15) is 0 Å². The Morgan fingerprint density at radius 3 is 2.95 bits per heavy atom. The van der Waals surface area contributed by atoms with Gasteiger partial charge in [0.05, 0.1) is 0 Å². The van der Waals surface area contributed by atoms with Gasteiger partial charge < -0.3 is 10.1 Å². The largest absolute Gasteiger partial charge is 0.471 e. The van der Waals surface area contributed by atoms with Gasteiger partial charge in [0.2, 0.25) is 5.88 Å². The molecule has 2 aromatic heterocycles. The zero-order chi connectivity index (χ0) is 13.7. The number of aromatic nitrogens is 1. The molecule has 0 atom stereocenters. The molecule has 0 saturated carbocycles. The topological polar surface area (TPSA) is 34.2 Å². The normalized spacial score (nSPS) is 10.9. The van der Waals surface area contributed by atoms with Crippen LogP contribution in [0.4, 0.5) is 0 Å². The van der Waals surface area contributed by atoms with Crippen molar-refractivity contribution in [2.75, 3.05) is 0 Å². The van der Waals surface area contributed by atoms with Crippen LogP contribution in [-0.2, 0) is 13.2 Å². The molecule has 0 radical (unpaired) electrons. The molecule has 2 rings (SSSR count). The SMILES string of the molecule is CC(C)NCc1cnc(OCc2cccs2)c(Cl)c1. The molecule has 0 saturated heterocycles. The van der Waals surface area contributed by atoms with Gasteiger partial charge in [-0.25, -0.2) is 4.98 Å². The molecule has 0 spiro atoms. The molecule has 102 valence electrons. The van der Waals surface area contributed by atoms with E-state index in [1.165, 1.54) is 0 Å². The van der Waals surface area contributed by atoms with E-state index in [1.807, 2.05) is 23.6 Å². The number of hydrogen-bond donors (Lipinski definition) is 1. The molecule has 2 heterocycles. The van der Waals surface area contributed by atoms with Crippen LogP contribution in [0.5, 0.6) is 5.88 Å². The lowest BCUT2D eigenvalue weighted by atomic mass is 10.2. The van der Waals surface area contributed by atoms with Crippen LogP contribution in [-0.4, -0.2) is 11.0 Å². The van der Waals surface area contributed by atoms with Crippen LogP contribution in [0.15, 0.2) is 29.8 Å². The van der Waals surface area contributed by atoms with E-state index < -0.39 is 0 Å². The Bertz CT molecular complexity index is 514. The first kappa shape index (κ1) is 14.3. The van der Waals surface area contributed by atoms with E-state index in [2.05, 4.69) is 24.1 Å². The summed E-state index contributed by atoms with van der Waals surface area (Å²) in [6.07, 6.45) is 1.80. The Morgan fingerprint density at radius 1 is 1.47 bits per heavy atom. The molecule has 3 nitrogen and oxygen atoms in total. The lowest BCUT2D eigenvalue weighted by molar-refractivity contribution is 0.297. The second kappa shape index (κ2) is 6.89. The van der Waals surface area contributed by atoms with Gasteiger partial charge in [0, 0.05) is 23.7 Å². The van der Waals surface area contributed by atoms with Crippen molar-refractivity contribution < 1.29 is 4.74 Å². The van der Waals surface area contributed by atoms with E-state index in [0.29, 0.717) is 23.6 Å². The van der Waals surface area contributed by atoms with Crippen molar-refractivity contribution in [3.05, 3.63) is 45.2 Å². The molecular weight excluding hydrogens is 280 g/mol. The van der Waals surface area contributed by atoms with Gasteiger partial charge in [0.25, 0.3) is 0 Å². The van der Waals surface area contributed by atoms with E-state index in [1.54, 1.807) is 17.5 Å². The molecule has 0 amide bonds. The summed E-state index contributed by atoms with van der Waals surface area (Å²) in [6, 6.07) is 6.36. The standard InChI is InChI=1S/C14H17ClN2OS/c1-10(2)16-7-11-6-13(15)14(17-8-11)18-9-12-4-3-5-19-12/h3-6,8,10,16H,7,9H2,1-2H3. The highest BCUT2D eigenvalue weighted by Gasteiger charge is 2.06. The van der Waals surface area contributed by atoms with Crippen molar-refractivity contribution in [1.29, 1.82) is 0 Å². The highest BCUT2D eigenvalue weighted by atomic mass is 35.5. The maximum atomic E-state index is 6.17. The van der Waals surface area contributed by atoms with Gasteiger partial charge in [0.15, 0.2) is 0 Å². The second-order valence-electron chi connectivity index (χ2n) is 4.53. The lowest BCUT2D eigenvalue weighted by Gasteiger charge is -2.10. The number of nitrogens with one attached hydrogen (secondary N) is 1. The van der Waals surface area contributed by atoms with Crippen LogP contribution < -0.4 is 10.1 Å². The van der Waals surface area contributed by atoms with E-state index in [0.717, 1.165) is 17.0 Å². The van der Waals surface area contributed by atoms with E-state index in [-0.39, 0.29) is 0 Å². The van der Waals surface area contributed by atoms with Gasteiger partial charge in [-0.1, -0.05) is 31.5 Å². The molecule has 5 heteroatoms. The minimum Gasteiger partial charge on any atom is -0.471 e. The molecule has 0 aliphatic heterocycles. The van der Waals surface area contributed by atoms with Crippen LogP contribution in [0, 0.1) is 0 Å². The fourth-order valence-corrected chi connectivity index (χ4v) is 2.38. The van der Waals surface area contributed by atoms with E-state index in [4.69, 9.17) is 16.3 Å². The number of nitrogens with zero attached hydrogens (tertiary/aromatic N) is 1. The summed E-state index contributed by atoms with van der Waals surface area (Å²) in [4.78, 5) is 5.42. The first-order chi connectivity index (χ1) is 9.15. The van der Waals surface area contributed by atoms with Crippen LogP contribution in [0.1, 0.15) is 24.3 Å². The van der Waals surface area contributed by atoms with Gasteiger partial charge in [-0.3, -0.25) is 0 Å². The number of ether oxygens (including phenoxy) is 1. The summed E-state index contributed by atoms with van der Waals surface area (Å²) in [5.41, 5.74) is 1.06. The van der Waals surface area contributed by atoms with Crippen molar-refractivity contribution in [3.63, 3.8) is 0 Å².